The van der Waals surface area contributed by atoms with Crippen molar-refractivity contribution in [3.63, 3.8) is 0 Å². The number of hydrogen-bond acceptors (Lipinski definition) is 6. The molecule has 5 rings (SSSR count). The number of nitrogens with two attached hydrogens (primary N) is 2. The summed E-state index contributed by atoms with van der Waals surface area (Å²) in [5, 5.41) is 0. The summed E-state index contributed by atoms with van der Waals surface area (Å²) >= 11 is 0. The normalized spacial score (nSPS) is 15.7. The number of rotatable bonds is 7. The summed E-state index contributed by atoms with van der Waals surface area (Å²) in [6.07, 6.45) is 11.1. The molecule has 7 nitrogen and oxygen atoms in total. The Bertz CT molecular complexity index is 1420. The molecule has 190 valence electrons. The Kier molecular flexibility index (Phi) is 7.44. The second kappa shape index (κ2) is 11.1. The molecule has 1 fully saturated rings. The van der Waals surface area contributed by atoms with Gasteiger partial charge in [0.15, 0.2) is 11.5 Å². The highest BCUT2D eigenvalue weighted by atomic mass is 15.1. The maximum absolute atomic E-state index is 6.30. The van der Waals surface area contributed by atoms with Gasteiger partial charge in [-0.3, -0.25) is 9.47 Å². The van der Waals surface area contributed by atoms with Gasteiger partial charge in [-0.05, 0) is 86.8 Å². The Hall–Kier alpha value is -3.81. The first-order valence-electron chi connectivity index (χ1n) is 13.1. The number of piperidine rings is 1. The standard InChI is InChI=1S/C30H35N7/c1-3-6-22(7-4-2)26-13-14-27-30(34-26)37(29(35-27)25-8-5-17-33-28(25)32)24-11-9-21(10-12-24)20-36-18-15-23(31)16-19-36/h3,5-14,17,23H,4,15-16,18-20,31H2,1-2H3,(H2,32,33)/b6-3-,22-7+. The maximum atomic E-state index is 6.30. The van der Waals surface area contributed by atoms with Crippen molar-refractivity contribution in [2.75, 3.05) is 18.8 Å². The average molecular weight is 494 g/mol. The van der Waals surface area contributed by atoms with Gasteiger partial charge in [-0.15, -0.1) is 0 Å². The summed E-state index contributed by atoms with van der Waals surface area (Å²) in [6, 6.07) is 16.9. The van der Waals surface area contributed by atoms with Crippen LogP contribution >= 0.6 is 0 Å². The van der Waals surface area contributed by atoms with Gasteiger partial charge in [0.05, 0.1) is 11.3 Å². The number of fused-ring (bicyclic) bond motifs is 1. The molecule has 1 aliphatic heterocycles. The zero-order chi connectivity index (χ0) is 25.8. The fourth-order valence-corrected chi connectivity index (χ4v) is 4.93. The van der Waals surface area contributed by atoms with Crippen molar-refractivity contribution in [3.8, 4) is 17.1 Å². The van der Waals surface area contributed by atoms with E-state index in [1.807, 2.05) is 37.3 Å². The van der Waals surface area contributed by atoms with Gasteiger partial charge in [-0.2, -0.15) is 0 Å². The molecule has 0 spiro atoms. The van der Waals surface area contributed by atoms with Crippen LogP contribution in [0.5, 0.6) is 0 Å². The number of pyridine rings is 2. The van der Waals surface area contributed by atoms with E-state index < -0.39 is 0 Å². The van der Waals surface area contributed by atoms with Gasteiger partial charge in [-0.25, -0.2) is 15.0 Å². The van der Waals surface area contributed by atoms with Gasteiger partial charge < -0.3 is 11.5 Å². The summed E-state index contributed by atoms with van der Waals surface area (Å²) < 4.78 is 2.09. The van der Waals surface area contributed by atoms with E-state index in [9.17, 15) is 0 Å². The van der Waals surface area contributed by atoms with Crippen LogP contribution in [0.25, 0.3) is 33.8 Å². The molecule has 0 amide bonds. The van der Waals surface area contributed by atoms with E-state index in [1.54, 1.807) is 6.20 Å². The summed E-state index contributed by atoms with van der Waals surface area (Å²) in [4.78, 5) is 16.8. The fourth-order valence-electron chi connectivity index (χ4n) is 4.93. The van der Waals surface area contributed by atoms with E-state index >= 15 is 0 Å². The lowest BCUT2D eigenvalue weighted by molar-refractivity contribution is 0.205. The molecule has 0 saturated carbocycles. The highest BCUT2D eigenvalue weighted by Crippen LogP contribution is 2.31. The van der Waals surface area contributed by atoms with Crippen molar-refractivity contribution < 1.29 is 0 Å². The summed E-state index contributed by atoms with van der Waals surface area (Å²) in [5.41, 5.74) is 19.1. The number of anilines is 1. The van der Waals surface area contributed by atoms with Crippen LogP contribution in [0.15, 0.2) is 73.0 Å². The highest BCUT2D eigenvalue weighted by molar-refractivity contribution is 5.85. The zero-order valence-electron chi connectivity index (χ0n) is 21.6. The fraction of sp³-hybridized carbons (Fsp3) is 0.300. The number of nitrogen functional groups attached to an aromatic ring is 1. The predicted molar refractivity (Wildman–Crippen MR) is 152 cm³/mol. The lowest BCUT2D eigenvalue weighted by Gasteiger charge is -2.30. The predicted octanol–water partition coefficient (Wildman–Crippen LogP) is 5.36. The van der Waals surface area contributed by atoms with Gasteiger partial charge in [0.25, 0.3) is 0 Å². The van der Waals surface area contributed by atoms with Gasteiger partial charge >= 0.3 is 0 Å². The van der Waals surface area contributed by atoms with Crippen LogP contribution < -0.4 is 11.5 Å². The van der Waals surface area contributed by atoms with E-state index in [-0.39, 0.29) is 0 Å². The van der Waals surface area contributed by atoms with Crippen LogP contribution in [0.4, 0.5) is 5.82 Å². The highest BCUT2D eigenvalue weighted by Gasteiger charge is 2.20. The minimum Gasteiger partial charge on any atom is -0.383 e. The van der Waals surface area contributed by atoms with Crippen LogP contribution in [-0.4, -0.2) is 43.6 Å². The van der Waals surface area contributed by atoms with E-state index in [0.717, 1.165) is 78.4 Å². The third kappa shape index (κ3) is 5.33. The van der Waals surface area contributed by atoms with Crippen molar-refractivity contribution in [1.82, 2.24) is 24.4 Å². The SMILES string of the molecule is C/C=C\C(=C/CC)c1ccc2nc(-c3cccnc3N)n(-c3ccc(CN4CCC(N)CC4)cc3)c2n1. The van der Waals surface area contributed by atoms with Crippen LogP contribution in [-0.2, 0) is 6.54 Å². The molecule has 4 aromatic rings. The number of aromatic nitrogens is 4. The molecule has 4 heterocycles. The van der Waals surface area contributed by atoms with E-state index in [1.165, 1.54) is 5.56 Å². The van der Waals surface area contributed by atoms with Crippen LogP contribution in [0.3, 0.4) is 0 Å². The molecule has 0 unspecified atom stereocenters. The van der Waals surface area contributed by atoms with Crippen molar-refractivity contribution >= 4 is 22.6 Å². The van der Waals surface area contributed by atoms with Crippen molar-refractivity contribution in [2.24, 2.45) is 5.73 Å². The zero-order valence-corrected chi connectivity index (χ0v) is 21.6. The third-order valence-corrected chi connectivity index (χ3v) is 6.88. The second-order valence-electron chi connectivity index (χ2n) is 9.59. The molecule has 0 aliphatic carbocycles. The van der Waals surface area contributed by atoms with Gasteiger partial charge in [0.2, 0.25) is 0 Å². The van der Waals surface area contributed by atoms with Crippen LogP contribution in [0.1, 0.15) is 44.4 Å². The molecule has 1 aliphatic rings. The number of hydrogen-bond donors (Lipinski definition) is 2. The van der Waals surface area contributed by atoms with E-state index in [2.05, 4.69) is 57.8 Å². The lowest BCUT2D eigenvalue weighted by atomic mass is 10.1. The van der Waals surface area contributed by atoms with Crippen LogP contribution in [0.2, 0.25) is 0 Å². The number of allylic oxidation sites excluding steroid dienone is 4. The first kappa shape index (κ1) is 24.9. The molecular formula is C30H35N7. The first-order chi connectivity index (χ1) is 18.1. The number of imidazole rings is 1. The van der Waals surface area contributed by atoms with Crippen molar-refractivity contribution in [3.05, 3.63) is 84.2 Å². The molecule has 7 heteroatoms. The van der Waals surface area contributed by atoms with Crippen molar-refractivity contribution in [1.29, 1.82) is 0 Å². The van der Waals surface area contributed by atoms with Gasteiger partial charge in [0, 0.05) is 24.5 Å². The number of benzene rings is 1. The lowest BCUT2D eigenvalue weighted by Crippen LogP contribution is -2.39. The van der Waals surface area contributed by atoms with Crippen LogP contribution in [0, 0.1) is 0 Å². The molecule has 0 bridgehead atoms. The average Bonchev–Trinajstić information content (AvgIpc) is 3.29. The largest absolute Gasteiger partial charge is 0.383 e. The Labute approximate surface area is 218 Å². The Morgan fingerprint density at radius 3 is 2.54 bits per heavy atom. The molecule has 0 atom stereocenters. The minimum atomic E-state index is 0.337. The Balaban J connectivity index is 1.59. The molecular weight excluding hydrogens is 458 g/mol. The molecule has 37 heavy (non-hydrogen) atoms. The Morgan fingerprint density at radius 1 is 1.05 bits per heavy atom. The smallest absolute Gasteiger partial charge is 0.165 e. The summed E-state index contributed by atoms with van der Waals surface area (Å²) in [7, 11) is 0. The van der Waals surface area contributed by atoms with Crippen molar-refractivity contribution in [2.45, 2.75) is 45.7 Å². The van der Waals surface area contributed by atoms with Gasteiger partial charge in [0.1, 0.15) is 11.3 Å². The maximum Gasteiger partial charge on any atom is 0.165 e. The number of nitrogens with zero attached hydrogens (tertiary/aromatic N) is 5. The quantitative estimate of drug-likeness (QED) is 0.336. The van der Waals surface area contributed by atoms with Gasteiger partial charge in [-0.1, -0.05) is 37.3 Å². The monoisotopic (exact) mass is 493 g/mol. The summed E-state index contributed by atoms with van der Waals surface area (Å²) in [6.45, 7) is 7.18. The minimum absolute atomic E-state index is 0.337. The molecule has 4 N–H and O–H groups in total. The summed E-state index contributed by atoms with van der Waals surface area (Å²) in [5.74, 6) is 1.18. The second-order valence-corrected chi connectivity index (χ2v) is 9.59. The molecule has 3 aromatic heterocycles. The van der Waals surface area contributed by atoms with E-state index in [4.69, 9.17) is 21.4 Å². The number of likely N-dealkylation sites (tertiary alicyclic amines) is 1. The first-order valence-corrected chi connectivity index (χ1v) is 13.1. The van der Waals surface area contributed by atoms with E-state index in [0.29, 0.717) is 11.9 Å². The third-order valence-electron chi connectivity index (χ3n) is 6.88. The molecule has 0 radical (unpaired) electrons. The molecule has 1 saturated heterocycles. The topological polar surface area (TPSA) is 98.9 Å². The molecule has 1 aromatic carbocycles. The Morgan fingerprint density at radius 2 is 1.84 bits per heavy atom.